The summed E-state index contributed by atoms with van der Waals surface area (Å²) in [6.07, 6.45) is 1.60. The van der Waals surface area contributed by atoms with Gasteiger partial charge in [0.15, 0.2) is 0 Å². The molecule has 0 saturated carbocycles. The summed E-state index contributed by atoms with van der Waals surface area (Å²) >= 11 is 0. The second kappa shape index (κ2) is 7.02. The van der Waals surface area contributed by atoms with Gasteiger partial charge in [-0.3, -0.25) is 9.59 Å². The molecule has 0 aliphatic carbocycles. The molecular weight excluding hydrogens is 294 g/mol. The Bertz CT molecular complexity index is 589. The normalized spacial score (nSPS) is 14.1. The van der Waals surface area contributed by atoms with Crippen molar-refractivity contribution in [2.75, 3.05) is 18.1 Å². The first-order valence-corrected chi connectivity index (χ1v) is 8.09. The standard InChI is InChI=1S/C18H25NO4/c1-18(2,3)13-7-6-8-14-17(13)23-12-11-19(14)15(20)9-4-5-10-16(21)22/h6-8H,4-5,9-12H2,1-3H3,(H,21,22). The average molecular weight is 319 g/mol. The molecule has 23 heavy (non-hydrogen) atoms. The Hall–Kier alpha value is -2.04. The van der Waals surface area contributed by atoms with E-state index in [4.69, 9.17) is 9.84 Å². The van der Waals surface area contributed by atoms with Crippen molar-refractivity contribution in [1.29, 1.82) is 0 Å². The van der Waals surface area contributed by atoms with Crippen LogP contribution in [0.1, 0.15) is 52.0 Å². The first kappa shape index (κ1) is 17.3. The number of para-hydroxylation sites is 1. The molecule has 1 aliphatic rings. The van der Waals surface area contributed by atoms with E-state index >= 15 is 0 Å². The number of amides is 1. The summed E-state index contributed by atoms with van der Waals surface area (Å²) < 4.78 is 5.85. The number of hydrogen-bond donors (Lipinski definition) is 1. The van der Waals surface area contributed by atoms with E-state index in [1.54, 1.807) is 4.90 Å². The van der Waals surface area contributed by atoms with Crippen LogP contribution in [0.4, 0.5) is 5.69 Å². The third-order valence-corrected chi connectivity index (χ3v) is 3.99. The van der Waals surface area contributed by atoms with Crippen LogP contribution in [0.2, 0.25) is 0 Å². The summed E-state index contributed by atoms with van der Waals surface area (Å²) in [5, 5.41) is 8.65. The number of aliphatic carboxylic acids is 1. The predicted molar refractivity (Wildman–Crippen MR) is 89.1 cm³/mol. The molecule has 2 rings (SSSR count). The molecule has 1 N–H and O–H groups in total. The summed E-state index contributed by atoms with van der Waals surface area (Å²) in [6, 6.07) is 5.91. The van der Waals surface area contributed by atoms with Crippen molar-refractivity contribution in [2.24, 2.45) is 0 Å². The highest BCUT2D eigenvalue weighted by Gasteiger charge is 2.28. The number of unbranched alkanes of at least 4 members (excludes halogenated alkanes) is 1. The zero-order valence-corrected chi connectivity index (χ0v) is 14.1. The van der Waals surface area contributed by atoms with Gasteiger partial charge in [0.1, 0.15) is 12.4 Å². The molecule has 1 amide bonds. The van der Waals surface area contributed by atoms with Gasteiger partial charge >= 0.3 is 5.97 Å². The molecule has 1 aromatic rings. The van der Waals surface area contributed by atoms with Gasteiger partial charge in [-0.1, -0.05) is 32.9 Å². The summed E-state index contributed by atoms with van der Waals surface area (Å²) in [6.45, 7) is 7.40. The number of fused-ring (bicyclic) bond motifs is 1. The van der Waals surface area contributed by atoms with Crippen LogP contribution in [-0.4, -0.2) is 30.1 Å². The van der Waals surface area contributed by atoms with Gasteiger partial charge in [0, 0.05) is 18.4 Å². The Morgan fingerprint density at radius 3 is 2.57 bits per heavy atom. The van der Waals surface area contributed by atoms with E-state index in [1.165, 1.54) is 0 Å². The zero-order chi connectivity index (χ0) is 17.0. The van der Waals surface area contributed by atoms with Crippen LogP contribution in [0.5, 0.6) is 5.75 Å². The van der Waals surface area contributed by atoms with Crippen molar-refractivity contribution in [3.05, 3.63) is 23.8 Å². The summed E-state index contributed by atoms with van der Waals surface area (Å²) in [7, 11) is 0. The van der Waals surface area contributed by atoms with Crippen LogP contribution in [0.25, 0.3) is 0 Å². The van der Waals surface area contributed by atoms with Gasteiger partial charge in [0.05, 0.1) is 12.2 Å². The van der Waals surface area contributed by atoms with E-state index in [0.29, 0.717) is 32.4 Å². The lowest BCUT2D eigenvalue weighted by Gasteiger charge is -2.33. The number of anilines is 1. The lowest BCUT2D eigenvalue weighted by Crippen LogP contribution is -2.38. The van der Waals surface area contributed by atoms with Crippen LogP contribution < -0.4 is 9.64 Å². The number of carbonyl (C=O) groups excluding carboxylic acids is 1. The van der Waals surface area contributed by atoms with E-state index in [1.807, 2.05) is 18.2 Å². The summed E-state index contributed by atoms with van der Waals surface area (Å²) in [4.78, 5) is 24.8. The molecule has 0 bridgehead atoms. The molecule has 0 fully saturated rings. The summed E-state index contributed by atoms with van der Waals surface area (Å²) in [5.74, 6) is 0.0140. The van der Waals surface area contributed by atoms with Gasteiger partial charge < -0.3 is 14.7 Å². The minimum Gasteiger partial charge on any atom is -0.489 e. The molecule has 126 valence electrons. The Labute approximate surface area is 137 Å². The van der Waals surface area contributed by atoms with Gasteiger partial charge in [-0.15, -0.1) is 0 Å². The molecule has 0 aromatic heterocycles. The van der Waals surface area contributed by atoms with Gasteiger partial charge in [-0.05, 0) is 24.3 Å². The molecule has 0 spiro atoms. The van der Waals surface area contributed by atoms with Crippen molar-refractivity contribution >= 4 is 17.6 Å². The van der Waals surface area contributed by atoms with Crippen LogP contribution >= 0.6 is 0 Å². The maximum Gasteiger partial charge on any atom is 0.303 e. The third kappa shape index (κ3) is 4.24. The van der Waals surface area contributed by atoms with Crippen LogP contribution in [-0.2, 0) is 15.0 Å². The molecule has 0 unspecified atom stereocenters. The van der Waals surface area contributed by atoms with Crippen molar-refractivity contribution in [3.63, 3.8) is 0 Å². The Balaban J connectivity index is 2.12. The van der Waals surface area contributed by atoms with E-state index in [2.05, 4.69) is 20.8 Å². The summed E-state index contributed by atoms with van der Waals surface area (Å²) in [5.41, 5.74) is 1.86. The van der Waals surface area contributed by atoms with Crippen LogP contribution in [0, 0.1) is 0 Å². The fourth-order valence-corrected chi connectivity index (χ4v) is 2.79. The van der Waals surface area contributed by atoms with Gasteiger partial charge in [0.25, 0.3) is 0 Å². The second-order valence-corrected chi connectivity index (χ2v) is 6.90. The lowest BCUT2D eigenvalue weighted by molar-refractivity contribution is -0.137. The van der Waals surface area contributed by atoms with E-state index in [-0.39, 0.29) is 17.7 Å². The number of ether oxygens (including phenoxy) is 1. The Kier molecular flexibility index (Phi) is 5.29. The van der Waals surface area contributed by atoms with Crippen molar-refractivity contribution in [2.45, 2.75) is 51.9 Å². The number of carboxylic acid groups (broad SMARTS) is 1. The number of carboxylic acids is 1. The zero-order valence-electron chi connectivity index (χ0n) is 14.1. The number of rotatable bonds is 5. The van der Waals surface area contributed by atoms with Crippen LogP contribution in [0.3, 0.4) is 0 Å². The van der Waals surface area contributed by atoms with E-state index < -0.39 is 5.97 Å². The minimum atomic E-state index is -0.816. The average Bonchev–Trinajstić information content (AvgIpc) is 2.49. The predicted octanol–water partition coefficient (Wildman–Crippen LogP) is 3.35. The molecule has 1 aliphatic heterocycles. The minimum absolute atomic E-state index is 0.0333. The third-order valence-electron chi connectivity index (χ3n) is 3.99. The fraction of sp³-hybridized carbons (Fsp3) is 0.556. The molecule has 1 aromatic carbocycles. The Morgan fingerprint density at radius 2 is 1.91 bits per heavy atom. The van der Waals surface area contributed by atoms with E-state index in [0.717, 1.165) is 17.0 Å². The highest BCUT2D eigenvalue weighted by Crippen LogP contribution is 2.40. The van der Waals surface area contributed by atoms with E-state index in [9.17, 15) is 9.59 Å². The smallest absolute Gasteiger partial charge is 0.303 e. The molecule has 0 atom stereocenters. The number of benzene rings is 1. The maximum absolute atomic E-state index is 12.5. The van der Waals surface area contributed by atoms with Gasteiger partial charge in [-0.2, -0.15) is 0 Å². The Morgan fingerprint density at radius 1 is 1.22 bits per heavy atom. The molecule has 1 heterocycles. The topological polar surface area (TPSA) is 66.8 Å². The number of carbonyl (C=O) groups is 2. The van der Waals surface area contributed by atoms with Crippen molar-refractivity contribution in [3.8, 4) is 5.75 Å². The molecule has 0 radical (unpaired) electrons. The molecule has 5 nitrogen and oxygen atoms in total. The fourth-order valence-electron chi connectivity index (χ4n) is 2.79. The number of nitrogens with zero attached hydrogens (tertiary/aromatic N) is 1. The monoisotopic (exact) mass is 319 g/mol. The van der Waals surface area contributed by atoms with Gasteiger partial charge in [-0.25, -0.2) is 0 Å². The van der Waals surface area contributed by atoms with Crippen molar-refractivity contribution < 1.29 is 19.4 Å². The van der Waals surface area contributed by atoms with Crippen LogP contribution in [0.15, 0.2) is 18.2 Å². The highest BCUT2D eigenvalue weighted by molar-refractivity contribution is 5.95. The largest absolute Gasteiger partial charge is 0.489 e. The first-order valence-electron chi connectivity index (χ1n) is 8.09. The SMILES string of the molecule is CC(C)(C)c1cccc2c1OCCN2C(=O)CCCCC(=O)O. The molecular formula is C18H25NO4. The maximum atomic E-state index is 12.5. The second-order valence-electron chi connectivity index (χ2n) is 6.90. The quantitative estimate of drug-likeness (QED) is 0.845. The molecule has 5 heteroatoms. The van der Waals surface area contributed by atoms with Crippen molar-refractivity contribution in [1.82, 2.24) is 0 Å². The number of hydrogen-bond acceptors (Lipinski definition) is 3. The highest BCUT2D eigenvalue weighted by atomic mass is 16.5. The molecule has 0 saturated heterocycles. The first-order chi connectivity index (χ1) is 10.8. The van der Waals surface area contributed by atoms with Gasteiger partial charge in [0.2, 0.25) is 5.91 Å². The lowest BCUT2D eigenvalue weighted by atomic mass is 9.85.